The van der Waals surface area contributed by atoms with Crippen LogP contribution in [-0.4, -0.2) is 42.5 Å². The van der Waals surface area contributed by atoms with Crippen molar-refractivity contribution in [2.45, 2.75) is 13.0 Å². The molecule has 154 valence electrons. The summed E-state index contributed by atoms with van der Waals surface area (Å²) < 4.78 is 49.5. The van der Waals surface area contributed by atoms with Gasteiger partial charge in [-0.3, -0.25) is 9.59 Å². The molecule has 1 unspecified atom stereocenters. The van der Waals surface area contributed by atoms with Crippen LogP contribution in [0.4, 0.5) is 18.9 Å². The number of methoxy groups -OCH3 is 1. The van der Waals surface area contributed by atoms with Gasteiger partial charge in [0.1, 0.15) is 5.56 Å². The average Bonchev–Trinajstić information content (AvgIpc) is 2.72. The largest absolute Gasteiger partial charge is 0.480 e. The summed E-state index contributed by atoms with van der Waals surface area (Å²) >= 11 is 0. The molecule has 1 aromatic carbocycles. The smallest absolute Gasteiger partial charge is 0.344 e. The van der Waals surface area contributed by atoms with Gasteiger partial charge in [-0.2, -0.15) is 0 Å². The van der Waals surface area contributed by atoms with Crippen LogP contribution in [0.15, 0.2) is 30.5 Å². The second-order valence-corrected chi connectivity index (χ2v) is 5.60. The summed E-state index contributed by atoms with van der Waals surface area (Å²) in [6.45, 7) is 0.637. The number of hydrogen-bond acceptors (Lipinski definition) is 6. The Kier molecular flexibility index (Phi) is 7.12. The predicted octanol–water partition coefficient (Wildman–Crippen LogP) is 1.81. The van der Waals surface area contributed by atoms with E-state index >= 15 is 0 Å². The quantitative estimate of drug-likeness (QED) is 0.532. The van der Waals surface area contributed by atoms with E-state index in [1.165, 1.54) is 32.4 Å². The molecule has 1 heterocycles. The first kappa shape index (κ1) is 21.7. The summed E-state index contributed by atoms with van der Waals surface area (Å²) in [5.74, 6) is -7.30. The first-order valence-corrected chi connectivity index (χ1v) is 8.15. The number of esters is 1. The molecule has 29 heavy (non-hydrogen) atoms. The number of carbonyl (C=O) groups is 3. The third-order valence-electron chi connectivity index (χ3n) is 3.57. The zero-order valence-electron chi connectivity index (χ0n) is 15.3. The lowest BCUT2D eigenvalue weighted by atomic mass is 10.2. The fraction of sp³-hybridized carbons (Fsp3) is 0.222. The van der Waals surface area contributed by atoms with Crippen molar-refractivity contribution in [3.05, 3.63) is 53.5 Å². The lowest BCUT2D eigenvalue weighted by Crippen LogP contribution is -2.40. The van der Waals surface area contributed by atoms with E-state index in [4.69, 9.17) is 9.47 Å². The van der Waals surface area contributed by atoms with Crippen LogP contribution >= 0.6 is 0 Å². The van der Waals surface area contributed by atoms with Gasteiger partial charge in [0.2, 0.25) is 11.8 Å². The molecule has 1 aromatic heterocycles. The van der Waals surface area contributed by atoms with Crippen LogP contribution in [0.1, 0.15) is 17.3 Å². The van der Waals surface area contributed by atoms with Gasteiger partial charge in [0.05, 0.1) is 19.3 Å². The van der Waals surface area contributed by atoms with Crippen LogP contribution in [0.25, 0.3) is 0 Å². The molecule has 2 rings (SSSR count). The van der Waals surface area contributed by atoms with E-state index in [1.807, 2.05) is 5.32 Å². The lowest BCUT2D eigenvalue weighted by molar-refractivity contribution is -0.130. The number of rotatable bonds is 7. The number of pyridine rings is 1. The SMILES string of the molecule is COc1ncccc1C(=O)OC(C)C(=O)NCC(=O)Nc1ccc(F)c(F)c1F. The highest BCUT2D eigenvalue weighted by Gasteiger charge is 2.22. The highest BCUT2D eigenvalue weighted by Crippen LogP contribution is 2.19. The maximum Gasteiger partial charge on any atom is 0.344 e. The van der Waals surface area contributed by atoms with E-state index < -0.39 is 53.6 Å². The van der Waals surface area contributed by atoms with Gasteiger partial charge in [-0.15, -0.1) is 0 Å². The Morgan fingerprint density at radius 3 is 2.55 bits per heavy atom. The number of aromatic nitrogens is 1. The second-order valence-electron chi connectivity index (χ2n) is 5.60. The molecule has 2 N–H and O–H groups in total. The normalized spacial score (nSPS) is 11.3. The molecule has 0 saturated heterocycles. The van der Waals surface area contributed by atoms with Crippen molar-refractivity contribution < 1.29 is 37.0 Å². The number of nitrogens with one attached hydrogen (secondary N) is 2. The van der Waals surface area contributed by atoms with Crippen LogP contribution in [0, 0.1) is 17.5 Å². The molecule has 0 aliphatic carbocycles. The summed E-state index contributed by atoms with van der Waals surface area (Å²) in [5.41, 5.74) is -0.590. The van der Waals surface area contributed by atoms with Gasteiger partial charge in [0.25, 0.3) is 5.91 Å². The maximum atomic E-state index is 13.5. The van der Waals surface area contributed by atoms with Crippen LogP contribution in [0.3, 0.4) is 0 Å². The standard InChI is InChI=1S/C18H16F3N3O5/c1-9(29-18(27)10-4-3-7-22-17(10)28-2)16(26)23-8-13(25)24-12-6-5-11(19)14(20)15(12)21/h3-7,9H,8H2,1-2H3,(H,23,26)(H,24,25). The Balaban J connectivity index is 1.89. The first-order chi connectivity index (χ1) is 13.7. The van der Waals surface area contributed by atoms with Crippen LogP contribution in [0.2, 0.25) is 0 Å². The van der Waals surface area contributed by atoms with Gasteiger partial charge in [0.15, 0.2) is 23.6 Å². The maximum absolute atomic E-state index is 13.5. The molecule has 1 atom stereocenters. The van der Waals surface area contributed by atoms with E-state index in [1.54, 1.807) is 0 Å². The number of amides is 2. The van der Waals surface area contributed by atoms with Gasteiger partial charge < -0.3 is 20.1 Å². The highest BCUT2D eigenvalue weighted by molar-refractivity contribution is 5.96. The summed E-state index contributed by atoms with van der Waals surface area (Å²) in [7, 11) is 1.31. The molecule has 2 aromatic rings. The third kappa shape index (κ3) is 5.43. The third-order valence-corrected chi connectivity index (χ3v) is 3.57. The van der Waals surface area contributed by atoms with Crippen LogP contribution in [0.5, 0.6) is 5.88 Å². The second kappa shape index (κ2) is 9.53. The Labute approximate surface area is 163 Å². The van der Waals surface area contributed by atoms with E-state index in [9.17, 15) is 27.6 Å². The van der Waals surface area contributed by atoms with E-state index in [0.29, 0.717) is 6.07 Å². The molecule has 0 bridgehead atoms. The van der Waals surface area contributed by atoms with Crippen LogP contribution in [-0.2, 0) is 14.3 Å². The summed E-state index contributed by atoms with van der Waals surface area (Å²) in [6, 6.07) is 4.34. The Hall–Kier alpha value is -3.63. The molecular formula is C18H16F3N3O5. The summed E-state index contributed by atoms with van der Waals surface area (Å²) in [5, 5.41) is 4.15. The monoisotopic (exact) mass is 411 g/mol. The van der Waals surface area contributed by atoms with Gasteiger partial charge in [0, 0.05) is 6.20 Å². The molecule has 0 radical (unpaired) electrons. The lowest BCUT2D eigenvalue weighted by Gasteiger charge is -2.14. The van der Waals surface area contributed by atoms with E-state index in [0.717, 1.165) is 6.07 Å². The number of anilines is 1. The molecule has 8 nitrogen and oxygen atoms in total. The molecule has 2 amide bonds. The number of halogens is 3. The van der Waals surface area contributed by atoms with Crippen molar-refractivity contribution in [2.24, 2.45) is 0 Å². The molecule has 0 aliphatic rings. The zero-order valence-corrected chi connectivity index (χ0v) is 15.3. The van der Waals surface area contributed by atoms with Crippen molar-refractivity contribution in [1.29, 1.82) is 0 Å². The molecule has 0 aliphatic heterocycles. The van der Waals surface area contributed by atoms with E-state index in [2.05, 4.69) is 10.3 Å². The fourth-order valence-corrected chi connectivity index (χ4v) is 2.11. The number of nitrogens with zero attached hydrogens (tertiary/aromatic N) is 1. The van der Waals surface area contributed by atoms with Crippen molar-refractivity contribution in [2.75, 3.05) is 19.0 Å². The molecule has 0 spiro atoms. The van der Waals surface area contributed by atoms with Crippen molar-refractivity contribution >= 4 is 23.5 Å². The van der Waals surface area contributed by atoms with Gasteiger partial charge in [-0.05, 0) is 31.2 Å². The Morgan fingerprint density at radius 1 is 1.14 bits per heavy atom. The molecule has 11 heteroatoms. The number of benzene rings is 1. The van der Waals surface area contributed by atoms with Crippen molar-refractivity contribution in [3.8, 4) is 5.88 Å². The Morgan fingerprint density at radius 2 is 1.86 bits per heavy atom. The molecule has 0 fully saturated rings. The van der Waals surface area contributed by atoms with Crippen molar-refractivity contribution in [3.63, 3.8) is 0 Å². The number of ether oxygens (including phenoxy) is 2. The minimum atomic E-state index is -1.74. The predicted molar refractivity (Wildman–Crippen MR) is 93.6 cm³/mol. The van der Waals surface area contributed by atoms with Crippen LogP contribution < -0.4 is 15.4 Å². The Bertz CT molecular complexity index is 939. The molecular weight excluding hydrogens is 395 g/mol. The number of carbonyl (C=O) groups excluding carboxylic acids is 3. The average molecular weight is 411 g/mol. The van der Waals surface area contributed by atoms with Gasteiger partial charge in [-0.25, -0.2) is 22.9 Å². The minimum absolute atomic E-state index is 0.00112. The summed E-state index contributed by atoms with van der Waals surface area (Å²) in [6.07, 6.45) is 0.125. The molecule has 0 saturated carbocycles. The minimum Gasteiger partial charge on any atom is -0.480 e. The van der Waals surface area contributed by atoms with E-state index in [-0.39, 0.29) is 11.4 Å². The summed E-state index contributed by atoms with van der Waals surface area (Å²) in [4.78, 5) is 39.7. The fourth-order valence-electron chi connectivity index (χ4n) is 2.11. The zero-order chi connectivity index (χ0) is 21.6. The van der Waals surface area contributed by atoms with Crippen molar-refractivity contribution in [1.82, 2.24) is 10.3 Å². The first-order valence-electron chi connectivity index (χ1n) is 8.15. The van der Waals surface area contributed by atoms with Gasteiger partial charge >= 0.3 is 5.97 Å². The topological polar surface area (TPSA) is 107 Å². The highest BCUT2D eigenvalue weighted by atomic mass is 19.2. The number of hydrogen-bond donors (Lipinski definition) is 2. The van der Waals surface area contributed by atoms with Gasteiger partial charge in [-0.1, -0.05) is 0 Å².